The van der Waals surface area contributed by atoms with Crippen LogP contribution in [0.25, 0.3) is 20.4 Å². The summed E-state index contributed by atoms with van der Waals surface area (Å²) in [6, 6.07) is 27.8. The van der Waals surface area contributed by atoms with E-state index in [1.165, 1.54) is 104 Å². The van der Waals surface area contributed by atoms with E-state index in [-0.39, 0.29) is 34.0 Å². The molecule has 0 aliphatic carbocycles. The van der Waals surface area contributed by atoms with Gasteiger partial charge in [0.2, 0.25) is 0 Å². The molecule has 0 saturated carbocycles. The molecule has 0 amide bonds. The Hall–Kier alpha value is -3.12. The van der Waals surface area contributed by atoms with Crippen molar-refractivity contribution < 1.29 is 43.1 Å². The number of anilines is 2. The summed E-state index contributed by atoms with van der Waals surface area (Å²) in [4.78, 5) is 10.6. The second kappa shape index (κ2) is 30.2. The van der Waals surface area contributed by atoms with Crippen LogP contribution in [0.4, 0.5) is 11.4 Å². The van der Waals surface area contributed by atoms with E-state index in [9.17, 15) is 0 Å². The Bertz CT molecular complexity index is 2090. The van der Waals surface area contributed by atoms with Gasteiger partial charge in [-0.2, -0.15) is 9.13 Å². The van der Waals surface area contributed by atoms with Crippen LogP contribution in [0.1, 0.15) is 88.2 Å². The first kappa shape index (κ1) is 53.5. The van der Waals surface area contributed by atoms with Gasteiger partial charge in [-0.05, 0) is 124 Å². The van der Waals surface area contributed by atoms with Crippen molar-refractivity contribution in [2.75, 3.05) is 47.5 Å². The number of fused-ring (bicyclic) bond motifs is 2. The molecule has 6 aromatic rings. The molecule has 0 bridgehead atoms. The lowest BCUT2D eigenvalue weighted by molar-refractivity contribution is -0.660. The van der Waals surface area contributed by atoms with Gasteiger partial charge in [0.1, 0.15) is 0 Å². The fourth-order valence-corrected chi connectivity index (χ4v) is 11.6. The van der Waals surface area contributed by atoms with Gasteiger partial charge in [0.05, 0.1) is 22.1 Å². The third kappa shape index (κ3) is 16.3. The molecular formula is C54H68Br2N4S4. The first-order valence-electron chi connectivity index (χ1n) is 22.8. The summed E-state index contributed by atoms with van der Waals surface area (Å²) < 4.78 is 4.85. The van der Waals surface area contributed by atoms with Crippen molar-refractivity contribution in [3.05, 3.63) is 158 Å². The molecule has 0 fully saturated rings. The van der Waals surface area contributed by atoms with Crippen LogP contribution in [0.2, 0.25) is 0 Å². The van der Waals surface area contributed by atoms with Gasteiger partial charge in [0, 0.05) is 70.7 Å². The van der Waals surface area contributed by atoms with E-state index in [0.717, 1.165) is 76.5 Å². The molecule has 0 aliphatic rings. The predicted molar refractivity (Wildman–Crippen MR) is 277 cm³/mol. The van der Waals surface area contributed by atoms with Gasteiger partial charge >= 0.3 is 0 Å². The summed E-state index contributed by atoms with van der Waals surface area (Å²) in [5.74, 6) is 2.15. The molecule has 0 unspecified atom stereocenters. The molecule has 2 aromatic carbocycles. The standard InChI is InChI=1S/C54H68N4S4.2BrH/c1-5-9-13-17-33-55(34-18-14-10-6-2)51-29-37-57(53-49(51)31-39-61-53)43-45-21-25-47(26-22-45)59-41-42-60-48-27-23-46(24-28-48)44-58-38-30-52(50-32-40-62-54(50)58)56(35-19-15-11-7-3)36-20-16-12-8-4;;/h5-8,21-32,37-40H,1-4,9-20,33-36,41-44H2;2*1H/q+2;;/p-2. The minimum absolute atomic E-state index is 0. The second-order valence-electron chi connectivity index (χ2n) is 16.0. The van der Waals surface area contributed by atoms with Crippen LogP contribution in [-0.4, -0.2) is 37.7 Å². The number of allylic oxidation sites excluding steroid dienone is 4. The van der Waals surface area contributed by atoms with E-state index >= 15 is 0 Å². The van der Waals surface area contributed by atoms with Crippen LogP contribution < -0.4 is 52.9 Å². The molecule has 4 nitrogen and oxygen atoms in total. The maximum absolute atomic E-state index is 3.92. The SMILES string of the molecule is C=CCCCCN(CCCCC=C)c1cc[n+](Cc2ccc(SCCSc3ccc(C[n+]4ccc(N(CCCCC=C)CCCCC=C)c5ccsc54)cc3)cc2)c2sccc12.[Br-].[Br-]. The number of hydrogen-bond donors (Lipinski definition) is 0. The fraction of sp³-hybridized carbons (Fsp3) is 0.370. The van der Waals surface area contributed by atoms with Crippen LogP contribution in [0, 0.1) is 0 Å². The zero-order valence-corrected chi connectivity index (χ0v) is 44.1. The molecule has 4 heterocycles. The number of thioether (sulfide) groups is 2. The Morgan fingerprint density at radius 3 is 1.12 bits per heavy atom. The van der Waals surface area contributed by atoms with E-state index in [1.807, 2.05) is 70.5 Å². The van der Waals surface area contributed by atoms with Gasteiger partial charge < -0.3 is 43.8 Å². The number of halogens is 2. The second-order valence-corrected chi connectivity index (χ2v) is 20.2. The van der Waals surface area contributed by atoms with Crippen molar-refractivity contribution in [2.45, 2.75) is 99.9 Å². The lowest BCUT2D eigenvalue weighted by Gasteiger charge is -2.25. The monoisotopic (exact) mass is 1060 g/mol. The minimum atomic E-state index is 0. The molecule has 0 atom stereocenters. The maximum atomic E-state index is 3.92. The smallest absolute Gasteiger partial charge is 0.271 e. The van der Waals surface area contributed by atoms with Crippen LogP contribution in [0.3, 0.4) is 0 Å². The van der Waals surface area contributed by atoms with Gasteiger partial charge in [-0.15, -0.1) is 49.8 Å². The van der Waals surface area contributed by atoms with Crippen LogP contribution in [0.15, 0.2) is 156 Å². The van der Waals surface area contributed by atoms with Crippen molar-refractivity contribution in [1.82, 2.24) is 0 Å². The number of unbranched alkanes of at least 4 members (excludes halogenated alkanes) is 8. The Labute approximate surface area is 422 Å². The van der Waals surface area contributed by atoms with Crippen molar-refractivity contribution in [1.29, 1.82) is 0 Å². The Morgan fingerprint density at radius 1 is 0.453 bits per heavy atom. The average Bonchev–Trinajstić information content (AvgIpc) is 4.01. The summed E-state index contributed by atoms with van der Waals surface area (Å²) in [7, 11) is 0. The van der Waals surface area contributed by atoms with Gasteiger partial charge in [-0.25, -0.2) is 0 Å². The number of hydrogen-bond acceptors (Lipinski definition) is 6. The Morgan fingerprint density at radius 2 is 0.797 bits per heavy atom. The Balaban J connectivity index is 0.00000449. The van der Waals surface area contributed by atoms with Crippen molar-refractivity contribution >= 4 is 78.0 Å². The first-order valence-corrected chi connectivity index (χ1v) is 26.5. The zero-order valence-electron chi connectivity index (χ0n) is 37.7. The first-order chi connectivity index (χ1) is 30.6. The lowest BCUT2D eigenvalue weighted by Crippen LogP contribution is -3.00. The van der Waals surface area contributed by atoms with Gasteiger partial charge in [0.25, 0.3) is 9.66 Å². The molecule has 64 heavy (non-hydrogen) atoms. The van der Waals surface area contributed by atoms with Crippen molar-refractivity contribution in [2.24, 2.45) is 0 Å². The number of aromatic nitrogens is 2. The summed E-state index contributed by atoms with van der Waals surface area (Å²) in [5.41, 5.74) is 5.41. The molecule has 0 aliphatic heterocycles. The fourth-order valence-electron chi connectivity index (χ4n) is 8.04. The van der Waals surface area contributed by atoms with E-state index in [0.29, 0.717) is 0 Å². The summed E-state index contributed by atoms with van der Waals surface area (Å²) in [6.45, 7) is 21.8. The summed E-state index contributed by atoms with van der Waals surface area (Å²) in [6.07, 6.45) is 26.6. The van der Waals surface area contributed by atoms with Crippen molar-refractivity contribution in [3.8, 4) is 0 Å². The van der Waals surface area contributed by atoms with E-state index in [4.69, 9.17) is 0 Å². The normalized spacial score (nSPS) is 10.9. The maximum Gasteiger partial charge on any atom is 0.271 e. The van der Waals surface area contributed by atoms with E-state index in [2.05, 4.69) is 141 Å². The molecule has 4 aromatic heterocycles. The highest BCUT2D eigenvalue weighted by Crippen LogP contribution is 2.31. The van der Waals surface area contributed by atoms with Crippen molar-refractivity contribution in [3.63, 3.8) is 0 Å². The van der Waals surface area contributed by atoms with E-state index in [1.54, 1.807) is 0 Å². The summed E-state index contributed by atoms with van der Waals surface area (Å²) in [5, 5.41) is 7.24. The molecular weight excluding hydrogens is 993 g/mol. The highest BCUT2D eigenvalue weighted by Gasteiger charge is 2.20. The topological polar surface area (TPSA) is 14.2 Å². The minimum Gasteiger partial charge on any atom is -1.00 e. The predicted octanol–water partition coefficient (Wildman–Crippen LogP) is 8.72. The number of benzene rings is 2. The number of pyridine rings is 2. The molecule has 342 valence electrons. The highest BCUT2D eigenvalue weighted by atomic mass is 79.9. The molecule has 0 saturated heterocycles. The lowest BCUT2D eigenvalue weighted by atomic mass is 10.1. The van der Waals surface area contributed by atoms with Gasteiger partial charge in [-0.3, -0.25) is 0 Å². The number of nitrogens with zero attached hydrogens (tertiary/aromatic N) is 4. The molecule has 0 spiro atoms. The zero-order chi connectivity index (χ0) is 43.2. The van der Waals surface area contributed by atoms with Crippen LogP contribution >= 0.6 is 46.2 Å². The van der Waals surface area contributed by atoms with Gasteiger partial charge in [-0.1, -0.05) is 71.2 Å². The molecule has 10 heteroatoms. The summed E-state index contributed by atoms with van der Waals surface area (Å²) >= 11 is 7.60. The Kier molecular flexibility index (Phi) is 25.3. The quantitative estimate of drug-likeness (QED) is 0.0187. The molecule has 0 radical (unpaired) electrons. The van der Waals surface area contributed by atoms with Crippen LogP contribution in [-0.2, 0) is 13.1 Å². The molecule has 6 rings (SSSR count). The van der Waals surface area contributed by atoms with E-state index < -0.39 is 0 Å². The number of thiophene rings is 2. The third-order valence-electron chi connectivity index (χ3n) is 11.4. The largest absolute Gasteiger partial charge is 1.00 e. The van der Waals surface area contributed by atoms with Crippen LogP contribution in [0.5, 0.6) is 0 Å². The third-order valence-corrected chi connectivity index (χ3v) is 15.6. The van der Waals surface area contributed by atoms with Gasteiger partial charge in [0.15, 0.2) is 25.5 Å². The number of rotatable bonds is 31. The molecule has 0 N–H and O–H groups in total. The average molecular weight is 1060 g/mol. The highest BCUT2D eigenvalue weighted by molar-refractivity contribution is 8.03.